The standard InChI is InChI=1S/C16H23NO/c1-12-8-9-13(2)15(10-12)17-16(18)11-14-6-4-3-5-7-14/h8-10,14H,3-7,11H2,1-2H3,(H,17,18). The average molecular weight is 245 g/mol. The molecule has 2 nitrogen and oxygen atoms in total. The van der Waals surface area contributed by atoms with Gasteiger partial charge in [0.1, 0.15) is 0 Å². The van der Waals surface area contributed by atoms with E-state index >= 15 is 0 Å². The van der Waals surface area contributed by atoms with Gasteiger partial charge >= 0.3 is 0 Å². The van der Waals surface area contributed by atoms with Crippen LogP contribution in [0.4, 0.5) is 5.69 Å². The van der Waals surface area contributed by atoms with Gasteiger partial charge in [-0.15, -0.1) is 0 Å². The molecule has 0 aromatic heterocycles. The number of anilines is 1. The molecule has 98 valence electrons. The van der Waals surface area contributed by atoms with Crippen molar-refractivity contribution in [3.05, 3.63) is 29.3 Å². The third-order valence-corrected chi connectivity index (χ3v) is 3.87. The fourth-order valence-electron chi connectivity index (χ4n) is 2.73. The van der Waals surface area contributed by atoms with Gasteiger partial charge in [-0.1, -0.05) is 31.4 Å². The minimum Gasteiger partial charge on any atom is -0.326 e. The van der Waals surface area contributed by atoms with Crippen molar-refractivity contribution >= 4 is 11.6 Å². The highest BCUT2D eigenvalue weighted by atomic mass is 16.1. The van der Waals surface area contributed by atoms with Crippen LogP contribution in [-0.2, 0) is 4.79 Å². The number of nitrogens with one attached hydrogen (secondary N) is 1. The molecule has 0 atom stereocenters. The Kier molecular flexibility index (Phi) is 4.40. The Bertz CT molecular complexity index is 419. The number of hydrogen-bond donors (Lipinski definition) is 1. The first-order chi connectivity index (χ1) is 8.65. The van der Waals surface area contributed by atoms with Gasteiger partial charge in [-0.25, -0.2) is 0 Å². The Labute approximate surface area is 110 Å². The Balaban J connectivity index is 1.92. The van der Waals surface area contributed by atoms with Gasteiger partial charge in [0.25, 0.3) is 0 Å². The van der Waals surface area contributed by atoms with Crippen molar-refractivity contribution in [3.8, 4) is 0 Å². The molecule has 0 unspecified atom stereocenters. The molecule has 0 aliphatic heterocycles. The zero-order valence-electron chi connectivity index (χ0n) is 11.5. The summed E-state index contributed by atoms with van der Waals surface area (Å²) in [5.41, 5.74) is 3.29. The quantitative estimate of drug-likeness (QED) is 0.849. The largest absolute Gasteiger partial charge is 0.326 e. The molecular weight excluding hydrogens is 222 g/mol. The lowest BCUT2D eigenvalue weighted by atomic mass is 9.87. The van der Waals surface area contributed by atoms with Crippen molar-refractivity contribution in [2.45, 2.75) is 52.4 Å². The SMILES string of the molecule is Cc1ccc(C)c(NC(=O)CC2CCCCC2)c1. The van der Waals surface area contributed by atoms with E-state index < -0.39 is 0 Å². The predicted molar refractivity (Wildman–Crippen MR) is 75.7 cm³/mol. The molecule has 18 heavy (non-hydrogen) atoms. The van der Waals surface area contributed by atoms with E-state index in [1.165, 1.54) is 37.7 Å². The maximum Gasteiger partial charge on any atom is 0.224 e. The fraction of sp³-hybridized carbons (Fsp3) is 0.562. The first kappa shape index (κ1) is 13.1. The molecule has 1 fully saturated rings. The topological polar surface area (TPSA) is 29.1 Å². The monoisotopic (exact) mass is 245 g/mol. The Hall–Kier alpha value is -1.31. The molecule has 1 saturated carbocycles. The molecule has 1 aromatic rings. The third kappa shape index (κ3) is 3.59. The minimum atomic E-state index is 0.176. The summed E-state index contributed by atoms with van der Waals surface area (Å²) in [6.07, 6.45) is 7.06. The molecule has 1 amide bonds. The third-order valence-electron chi connectivity index (χ3n) is 3.87. The van der Waals surface area contributed by atoms with E-state index in [2.05, 4.69) is 24.4 Å². The van der Waals surface area contributed by atoms with E-state index in [1.807, 2.05) is 13.0 Å². The fourth-order valence-corrected chi connectivity index (χ4v) is 2.73. The Morgan fingerprint density at radius 1 is 1.22 bits per heavy atom. The van der Waals surface area contributed by atoms with Crippen molar-refractivity contribution in [1.82, 2.24) is 0 Å². The van der Waals surface area contributed by atoms with E-state index in [9.17, 15) is 4.79 Å². The van der Waals surface area contributed by atoms with E-state index in [0.717, 1.165) is 11.3 Å². The Morgan fingerprint density at radius 2 is 1.94 bits per heavy atom. The maximum atomic E-state index is 12.0. The van der Waals surface area contributed by atoms with Crippen LogP contribution in [0.3, 0.4) is 0 Å². The van der Waals surface area contributed by atoms with E-state index in [-0.39, 0.29) is 5.91 Å². The highest BCUT2D eigenvalue weighted by Gasteiger charge is 2.17. The molecule has 0 heterocycles. The van der Waals surface area contributed by atoms with Crippen LogP contribution in [0.5, 0.6) is 0 Å². The van der Waals surface area contributed by atoms with Crippen molar-refractivity contribution in [2.24, 2.45) is 5.92 Å². The molecule has 1 aromatic carbocycles. The molecule has 1 N–H and O–H groups in total. The number of hydrogen-bond acceptors (Lipinski definition) is 1. The molecule has 1 aliphatic rings. The summed E-state index contributed by atoms with van der Waals surface area (Å²) < 4.78 is 0. The maximum absolute atomic E-state index is 12.0. The van der Waals surface area contributed by atoms with Gasteiger partial charge in [-0.3, -0.25) is 4.79 Å². The molecule has 1 aliphatic carbocycles. The molecule has 2 rings (SSSR count). The molecule has 0 saturated heterocycles. The lowest BCUT2D eigenvalue weighted by Gasteiger charge is -2.21. The number of aryl methyl sites for hydroxylation is 2. The highest BCUT2D eigenvalue weighted by molar-refractivity contribution is 5.91. The normalized spacial score (nSPS) is 16.6. The number of rotatable bonds is 3. The number of benzene rings is 1. The van der Waals surface area contributed by atoms with E-state index in [1.54, 1.807) is 0 Å². The molecule has 0 radical (unpaired) electrons. The zero-order chi connectivity index (χ0) is 13.0. The van der Waals surface area contributed by atoms with Crippen molar-refractivity contribution in [1.29, 1.82) is 0 Å². The Morgan fingerprint density at radius 3 is 2.67 bits per heavy atom. The van der Waals surface area contributed by atoms with Crippen LogP contribution in [0.1, 0.15) is 49.7 Å². The van der Waals surface area contributed by atoms with Crippen LogP contribution in [0.15, 0.2) is 18.2 Å². The van der Waals surface area contributed by atoms with Gasteiger partial charge in [0, 0.05) is 12.1 Å². The highest BCUT2D eigenvalue weighted by Crippen LogP contribution is 2.27. The molecule has 2 heteroatoms. The second-order valence-electron chi connectivity index (χ2n) is 5.57. The minimum absolute atomic E-state index is 0.176. The molecule has 0 bridgehead atoms. The summed E-state index contributed by atoms with van der Waals surface area (Å²) >= 11 is 0. The van der Waals surface area contributed by atoms with Crippen LogP contribution in [0.25, 0.3) is 0 Å². The summed E-state index contributed by atoms with van der Waals surface area (Å²) in [7, 11) is 0. The summed E-state index contributed by atoms with van der Waals surface area (Å²) in [4.78, 5) is 12.0. The summed E-state index contributed by atoms with van der Waals surface area (Å²) in [5.74, 6) is 0.777. The van der Waals surface area contributed by atoms with Gasteiger partial charge in [0.05, 0.1) is 0 Å². The van der Waals surface area contributed by atoms with Crippen molar-refractivity contribution in [3.63, 3.8) is 0 Å². The van der Waals surface area contributed by atoms with Gasteiger partial charge in [0.2, 0.25) is 5.91 Å². The number of amides is 1. The van der Waals surface area contributed by atoms with Gasteiger partial charge in [0.15, 0.2) is 0 Å². The molecular formula is C16H23NO. The van der Waals surface area contributed by atoms with E-state index in [0.29, 0.717) is 12.3 Å². The van der Waals surface area contributed by atoms with Crippen molar-refractivity contribution in [2.75, 3.05) is 5.32 Å². The predicted octanol–water partition coefficient (Wildman–Crippen LogP) is 4.21. The van der Waals surface area contributed by atoms with Gasteiger partial charge in [-0.2, -0.15) is 0 Å². The molecule has 0 spiro atoms. The first-order valence-corrected chi connectivity index (χ1v) is 7.02. The number of carbonyl (C=O) groups excluding carboxylic acids is 1. The second-order valence-corrected chi connectivity index (χ2v) is 5.57. The first-order valence-electron chi connectivity index (χ1n) is 7.02. The van der Waals surface area contributed by atoms with Crippen molar-refractivity contribution < 1.29 is 4.79 Å². The number of carbonyl (C=O) groups is 1. The lowest BCUT2D eigenvalue weighted by Crippen LogP contribution is -2.18. The van der Waals surface area contributed by atoms with Crippen LogP contribution >= 0.6 is 0 Å². The summed E-state index contributed by atoms with van der Waals surface area (Å²) in [6, 6.07) is 6.19. The van der Waals surface area contributed by atoms with Gasteiger partial charge in [-0.05, 0) is 49.8 Å². The van der Waals surface area contributed by atoms with Crippen LogP contribution in [0, 0.1) is 19.8 Å². The zero-order valence-corrected chi connectivity index (χ0v) is 11.5. The van der Waals surface area contributed by atoms with Gasteiger partial charge < -0.3 is 5.32 Å². The van der Waals surface area contributed by atoms with Crippen LogP contribution < -0.4 is 5.32 Å². The average Bonchev–Trinajstić information content (AvgIpc) is 2.35. The second kappa shape index (κ2) is 6.03. The van der Waals surface area contributed by atoms with Crippen LogP contribution in [-0.4, -0.2) is 5.91 Å². The smallest absolute Gasteiger partial charge is 0.224 e. The summed E-state index contributed by atoms with van der Waals surface area (Å²) in [6.45, 7) is 4.09. The lowest BCUT2D eigenvalue weighted by molar-refractivity contribution is -0.117. The van der Waals surface area contributed by atoms with E-state index in [4.69, 9.17) is 0 Å². The van der Waals surface area contributed by atoms with Crippen LogP contribution in [0.2, 0.25) is 0 Å². The summed E-state index contributed by atoms with van der Waals surface area (Å²) in [5, 5.41) is 3.06.